The SMILES string of the molecule is O=C(COC(=O)c1ccccc1NCc1ccco1)Nc1cccc(S(=O)(=O)N2CCCCC2)c1. The molecule has 3 aromatic rings. The van der Waals surface area contributed by atoms with Crippen LogP contribution in [0.3, 0.4) is 0 Å². The number of carbonyl (C=O) groups excluding carboxylic acids is 2. The maximum Gasteiger partial charge on any atom is 0.340 e. The molecule has 1 aliphatic heterocycles. The summed E-state index contributed by atoms with van der Waals surface area (Å²) in [7, 11) is -3.63. The minimum absolute atomic E-state index is 0.116. The van der Waals surface area contributed by atoms with Gasteiger partial charge in [-0.25, -0.2) is 13.2 Å². The van der Waals surface area contributed by atoms with Gasteiger partial charge in [0.2, 0.25) is 10.0 Å². The molecule has 35 heavy (non-hydrogen) atoms. The molecule has 2 aromatic carbocycles. The van der Waals surface area contributed by atoms with E-state index in [9.17, 15) is 18.0 Å². The number of furan rings is 1. The molecule has 1 amide bonds. The van der Waals surface area contributed by atoms with Gasteiger partial charge in [-0.2, -0.15) is 4.31 Å². The molecule has 1 saturated heterocycles. The number of rotatable bonds is 9. The van der Waals surface area contributed by atoms with Crippen molar-refractivity contribution >= 4 is 33.3 Å². The second kappa shape index (κ2) is 11.2. The summed E-state index contributed by atoms with van der Waals surface area (Å²) in [5.74, 6) is -0.534. The first-order valence-corrected chi connectivity index (χ1v) is 12.8. The first-order chi connectivity index (χ1) is 16.9. The van der Waals surface area contributed by atoms with Crippen LogP contribution in [0.4, 0.5) is 11.4 Å². The van der Waals surface area contributed by atoms with Crippen molar-refractivity contribution in [1.82, 2.24) is 4.31 Å². The summed E-state index contributed by atoms with van der Waals surface area (Å²) in [6.07, 6.45) is 4.25. The number of ether oxygens (including phenoxy) is 1. The number of hydrogen-bond donors (Lipinski definition) is 2. The predicted octanol–water partition coefficient (Wildman–Crippen LogP) is 3.86. The summed E-state index contributed by atoms with van der Waals surface area (Å²) in [6, 6.07) is 16.5. The highest BCUT2D eigenvalue weighted by Crippen LogP contribution is 2.23. The molecule has 2 heterocycles. The van der Waals surface area contributed by atoms with E-state index in [0.717, 1.165) is 19.3 Å². The van der Waals surface area contributed by atoms with Gasteiger partial charge in [-0.15, -0.1) is 0 Å². The Labute approximate surface area is 204 Å². The van der Waals surface area contributed by atoms with E-state index in [4.69, 9.17) is 9.15 Å². The van der Waals surface area contributed by atoms with Crippen LogP contribution in [0.5, 0.6) is 0 Å². The Morgan fingerprint density at radius 1 is 0.971 bits per heavy atom. The van der Waals surface area contributed by atoms with Crippen molar-refractivity contribution in [1.29, 1.82) is 0 Å². The Kier molecular flexibility index (Phi) is 7.84. The van der Waals surface area contributed by atoms with Gasteiger partial charge in [0.05, 0.1) is 23.3 Å². The molecule has 10 heteroatoms. The molecule has 4 rings (SSSR count). The number of benzene rings is 2. The van der Waals surface area contributed by atoms with Crippen molar-refractivity contribution in [2.24, 2.45) is 0 Å². The van der Waals surface area contributed by atoms with Crippen LogP contribution in [0, 0.1) is 0 Å². The monoisotopic (exact) mass is 497 g/mol. The lowest BCUT2D eigenvalue weighted by atomic mass is 10.2. The maximum atomic E-state index is 12.9. The van der Waals surface area contributed by atoms with E-state index in [-0.39, 0.29) is 10.5 Å². The molecule has 1 aromatic heterocycles. The van der Waals surface area contributed by atoms with Crippen LogP contribution in [0.25, 0.3) is 0 Å². The molecular weight excluding hydrogens is 470 g/mol. The summed E-state index contributed by atoms with van der Waals surface area (Å²) in [4.78, 5) is 25.1. The minimum atomic E-state index is -3.63. The standard InChI is InChI=1S/C25H27N3O6S/c29-24(27-19-8-6-10-21(16-19)35(31,32)28-13-4-1-5-14-28)18-34-25(30)22-11-2-3-12-23(22)26-17-20-9-7-15-33-20/h2-3,6-12,15-16,26H,1,4-5,13-14,17-18H2,(H,27,29). The van der Waals surface area contributed by atoms with Crippen molar-refractivity contribution in [2.75, 3.05) is 30.3 Å². The molecule has 0 aliphatic carbocycles. The molecule has 184 valence electrons. The Balaban J connectivity index is 1.34. The molecular formula is C25H27N3O6S. The largest absolute Gasteiger partial charge is 0.467 e. The number of carbonyl (C=O) groups is 2. The average molecular weight is 498 g/mol. The molecule has 0 bridgehead atoms. The Bertz CT molecular complexity index is 1270. The molecule has 1 aliphatic rings. The second-order valence-electron chi connectivity index (χ2n) is 8.10. The van der Waals surface area contributed by atoms with Gasteiger partial charge < -0.3 is 19.8 Å². The molecule has 0 radical (unpaired) electrons. The summed E-state index contributed by atoms with van der Waals surface area (Å²) in [6.45, 7) is 0.850. The minimum Gasteiger partial charge on any atom is -0.467 e. The lowest BCUT2D eigenvalue weighted by Gasteiger charge is -2.26. The van der Waals surface area contributed by atoms with Crippen LogP contribution in [0.2, 0.25) is 0 Å². The highest BCUT2D eigenvalue weighted by Gasteiger charge is 2.26. The van der Waals surface area contributed by atoms with Crippen molar-refractivity contribution < 1.29 is 27.2 Å². The first-order valence-electron chi connectivity index (χ1n) is 11.4. The third kappa shape index (κ3) is 6.28. The smallest absolute Gasteiger partial charge is 0.340 e. The molecule has 0 atom stereocenters. The van der Waals surface area contributed by atoms with E-state index in [1.165, 1.54) is 16.4 Å². The van der Waals surface area contributed by atoms with Crippen LogP contribution in [-0.2, 0) is 26.1 Å². The third-order valence-corrected chi connectivity index (χ3v) is 7.48. The highest BCUT2D eigenvalue weighted by molar-refractivity contribution is 7.89. The fourth-order valence-electron chi connectivity index (χ4n) is 3.81. The normalized spacial score (nSPS) is 14.3. The average Bonchev–Trinajstić information content (AvgIpc) is 3.41. The Hall–Kier alpha value is -3.63. The van der Waals surface area contributed by atoms with Gasteiger partial charge in [-0.05, 0) is 55.3 Å². The number of nitrogens with one attached hydrogen (secondary N) is 2. The van der Waals surface area contributed by atoms with E-state index in [1.54, 1.807) is 48.7 Å². The van der Waals surface area contributed by atoms with Gasteiger partial charge in [0.25, 0.3) is 5.91 Å². The van der Waals surface area contributed by atoms with Gasteiger partial charge >= 0.3 is 5.97 Å². The molecule has 0 unspecified atom stereocenters. The van der Waals surface area contributed by atoms with E-state index < -0.39 is 28.5 Å². The lowest BCUT2D eigenvalue weighted by Crippen LogP contribution is -2.35. The third-order valence-electron chi connectivity index (χ3n) is 5.59. The molecule has 9 nitrogen and oxygen atoms in total. The van der Waals surface area contributed by atoms with Crippen molar-refractivity contribution in [2.45, 2.75) is 30.7 Å². The van der Waals surface area contributed by atoms with Crippen LogP contribution >= 0.6 is 0 Å². The number of amides is 1. The molecule has 2 N–H and O–H groups in total. The predicted molar refractivity (Wildman–Crippen MR) is 130 cm³/mol. The zero-order valence-corrected chi connectivity index (χ0v) is 19.9. The number of anilines is 2. The van der Waals surface area contributed by atoms with Crippen molar-refractivity contribution in [3.8, 4) is 0 Å². The Morgan fingerprint density at radius 3 is 2.54 bits per heavy atom. The summed E-state index contributed by atoms with van der Waals surface area (Å²) in [5, 5.41) is 5.71. The zero-order chi connectivity index (χ0) is 24.7. The lowest BCUT2D eigenvalue weighted by molar-refractivity contribution is -0.119. The van der Waals surface area contributed by atoms with Crippen LogP contribution in [-0.4, -0.2) is 44.3 Å². The number of sulfonamides is 1. The topological polar surface area (TPSA) is 118 Å². The van der Waals surface area contributed by atoms with Gasteiger partial charge in [-0.3, -0.25) is 4.79 Å². The van der Waals surface area contributed by atoms with Gasteiger partial charge in [0, 0.05) is 24.5 Å². The molecule has 0 saturated carbocycles. The number of para-hydroxylation sites is 1. The van der Waals surface area contributed by atoms with E-state index in [1.807, 2.05) is 6.07 Å². The van der Waals surface area contributed by atoms with Crippen LogP contribution in [0.15, 0.2) is 76.2 Å². The summed E-state index contributed by atoms with van der Waals surface area (Å²) < 4.78 is 37.7. The van der Waals surface area contributed by atoms with Crippen LogP contribution in [0.1, 0.15) is 35.4 Å². The number of piperidine rings is 1. The van der Waals surface area contributed by atoms with Gasteiger partial charge in [0.15, 0.2) is 6.61 Å². The van der Waals surface area contributed by atoms with Crippen molar-refractivity contribution in [3.05, 3.63) is 78.3 Å². The van der Waals surface area contributed by atoms with Crippen molar-refractivity contribution in [3.63, 3.8) is 0 Å². The Morgan fingerprint density at radius 2 is 1.77 bits per heavy atom. The summed E-state index contributed by atoms with van der Waals surface area (Å²) in [5.41, 5.74) is 1.14. The fraction of sp³-hybridized carbons (Fsp3) is 0.280. The van der Waals surface area contributed by atoms with E-state index in [0.29, 0.717) is 36.8 Å². The quantitative estimate of drug-likeness (QED) is 0.431. The maximum absolute atomic E-state index is 12.9. The first kappa shape index (κ1) is 24.5. The van der Waals surface area contributed by atoms with E-state index in [2.05, 4.69) is 10.6 Å². The number of hydrogen-bond acceptors (Lipinski definition) is 7. The highest BCUT2D eigenvalue weighted by atomic mass is 32.2. The van der Waals surface area contributed by atoms with E-state index >= 15 is 0 Å². The van der Waals surface area contributed by atoms with Gasteiger partial charge in [-0.1, -0.05) is 24.6 Å². The number of nitrogens with zero attached hydrogens (tertiary/aromatic N) is 1. The van der Waals surface area contributed by atoms with Crippen LogP contribution < -0.4 is 10.6 Å². The fourth-order valence-corrected chi connectivity index (χ4v) is 5.37. The summed E-state index contributed by atoms with van der Waals surface area (Å²) >= 11 is 0. The number of esters is 1. The molecule has 1 fully saturated rings. The van der Waals surface area contributed by atoms with Gasteiger partial charge in [0.1, 0.15) is 5.76 Å². The second-order valence-corrected chi connectivity index (χ2v) is 10.0. The zero-order valence-electron chi connectivity index (χ0n) is 19.1. The molecule has 0 spiro atoms.